The average molecular weight is 857 g/mol. The molecule has 0 amide bonds. The van der Waals surface area contributed by atoms with E-state index in [9.17, 15) is 33.3 Å². The van der Waals surface area contributed by atoms with E-state index in [-0.39, 0.29) is 33.4 Å². The number of ether oxygens (including phenoxy) is 1. The zero-order valence-electron chi connectivity index (χ0n) is 34.3. The van der Waals surface area contributed by atoms with E-state index < -0.39 is 15.9 Å². The van der Waals surface area contributed by atoms with Gasteiger partial charge in [-0.1, -0.05) is 79.8 Å². The van der Waals surface area contributed by atoms with E-state index in [1.807, 2.05) is 30.3 Å². The number of aryl methyl sites for hydroxylation is 2. The summed E-state index contributed by atoms with van der Waals surface area (Å²) in [5.74, 6) is 0.265. The van der Waals surface area contributed by atoms with Gasteiger partial charge in [0.05, 0.1) is 34.4 Å². The average Bonchev–Trinajstić information content (AvgIpc) is 3.85. The van der Waals surface area contributed by atoms with Crippen LogP contribution >= 0.6 is 11.3 Å². The van der Waals surface area contributed by atoms with Crippen molar-refractivity contribution in [3.8, 4) is 11.5 Å². The van der Waals surface area contributed by atoms with Gasteiger partial charge >= 0.3 is 4.87 Å². The van der Waals surface area contributed by atoms with Gasteiger partial charge in [-0.15, -0.1) is 0 Å². The Morgan fingerprint density at radius 3 is 2.22 bits per heavy atom. The van der Waals surface area contributed by atoms with E-state index in [1.165, 1.54) is 39.9 Å². The molecule has 1 atom stereocenters. The van der Waals surface area contributed by atoms with Crippen molar-refractivity contribution in [1.29, 1.82) is 0 Å². The highest BCUT2D eigenvalue weighted by Gasteiger charge is 2.24. The minimum absolute atomic E-state index is 0.00584. The third-order valence-corrected chi connectivity index (χ3v) is 13.7. The molecule has 0 radical (unpaired) electrons. The van der Waals surface area contributed by atoms with Gasteiger partial charge in [0.15, 0.2) is 9.84 Å². The number of aromatic nitrogens is 2. The SMILES string of the molecule is CCc1cc2c(cc1CC)CC(NCC(O)c1ccc(O)c3[nH]c(=O)ccc13)C2.O=c1[nH]c2c(O)ccc(CCNCCS(=O)(=O)CCCOCCc3ccccc3)c2s1. The van der Waals surface area contributed by atoms with Gasteiger partial charge < -0.3 is 40.7 Å². The topological polar surface area (TPSA) is 194 Å². The number of thiazole rings is 1. The molecule has 2 aromatic heterocycles. The number of aromatic amines is 2. The first-order valence-corrected chi connectivity index (χ1v) is 23.3. The predicted molar refractivity (Wildman–Crippen MR) is 241 cm³/mol. The van der Waals surface area contributed by atoms with Crippen LogP contribution in [0.3, 0.4) is 0 Å². The number of benzene rings is 4. The van der Waals surface area contributed by atoms with Gasteiger partial charge in [-0.25, -0.2) is 8.42 Å². The number of sulfone groups is 1. The summed E-state index contributed by atoms with van der Waals surface area (Å²) in [7, 11) is -3.12. The molecule has 320 valence electrons. The number of hydrogen-bond donors (Lipinski definition) is 7. The maximum atomic E-state index is 12.2. The number of aromatic hydroxyl groups is 2. The fraction of sp³-hybridized carbons (Fsp3) is 0.391. The molecule has 1 unspecified atom stereocenters. The van der Waals surface area contributed by atoms with E-state index in [0.29, 0.717) is 73.7 Å². The van der Waals surface area contributed by atoms with Crippen molar-refractivity contribution in [2.75, 3.05) is 44.4 Å². The van der Waals surface area contributed by atoms with Gasteiger partial charge in [0.1, 0.15) is 17.0 Å². The third-order valence-electron chi connectivity index (χ3n) is 11.0. The lowest BCUT2D eigenvalue weighted by Crippen LogP contribution is -2.33. The van der Waals surface area contributed by atoms with Crippen LogP contribution in [0.4, 0.5) is 0 Å². The van der Waals surface area contributed by atoms with Crippen LogP contribution in [0.5, 0.6) is 11.5 Å². The summed E-state index contributed by atoms with van der Waals surface area (Å²) < 4.78 is 30.6. The van der Waals surface area contributed by atoms with E-state index >= 15 is 0 Å². The summed E-state index contributed by atoms with van der Waals surface area (Å²) >= 11 is 1.07. The molecular weight excluding hydrogens is 801 g/mol. The Morgan fingerprint density at radius 1 is 0.800 bits per heavy atom. The Kier molecular flexibility index (Phi) is 15.7. The third kappa shape index (κ3) is 11.9. The lowest BCUT2D eigenvalue weighted by molar-refractivity contribution is 0.138. The molecule has 0 spiro atoms. The van der Waals surface area contributed by atoms with Gasteiger partial charge in [-0.2, -0.15) is 0 Å². The minimum Gasteiger partial charge on any atom is -0.506 e. The van der Waals surface area contributed by atoms with Crippen LogP contribution in [-0.2, 0) is 53.1 Å². The standard InChI is InChI=1S/C24H28N2O3.C22H28N2O5S2/c1-3-14-9-16-11-18(12-17(16)10-15(14)4-2)25-13-22(28)19-5-7-21(27)24-20(19)6-8-23(29)26-24;25-19-8-7-18(21-20(19)24-22(26)30-21)9-11-23-12-16-31(27,28)15-4-13-29-14-10-17-5-2-1-3-6-17/h5-10,18,22,25,27-28H,3-4,11-13H2,1-2H3,(H,26,29);1-3,5-8,23,25H,4,9-16H2,(H,24,26). The van der Waals surface area contributed by atoms with Crippen LogP contribution in [0.15, 0.2) is 88.5 Å². The van der Waals surface area contributed by atoms with Crippen molar-refractivity contribution in [3.63, 3.8) is 0 Å². The first kappa shape index (κ1) is 44.7. The van der Waals surface area contributed by atoms with Crippen molar-refractivity contribution < 1.29 is 28.5 Å². The van der Waals surface area contributed by atoms with Gasteiger partial charge in [-0.3, -0.25) is 9.59 Å². The Balaban J connectivity index is 0.000000202. The molecule has 0 bridgehead atoms. The zero-order chi connectivity index (χ0) is 42.6. The highest BCUT2D eigenvalue weighted by atomic mass is 32.2. The second-order valence-corrected chi connectivity index (χ2v) is 18.5. The first-order chi connectivity index (χ1) is 28.9. The number of H-pyrrole nitrogens is 2. The highest BCUT2D eigenvalue weighted by Crippen LogP contribution is 2.31. The molecule has 0 fully saturated rings. The zero-order valence-corrected chi connectivity index (χ0v) is 35.9. The van der Waals surface area contributed by atoms with Crippen LogP contribution in [0.25, 0.3) is 21.1 Å². The van der Waals surface area contributed by atoms with Crippen LogP contribution in [0.2, 0.25) is 0 Å². The summed E-state index contributed by atoms with van der Waals surface area (Å²) in [5, 5.41) is 37.9. The van der Waals surface area contributed by atoms with Crippen molar-refractivity contribution >= 4 is 42.3 Å². The number of aliphatic hydroxyl groups excluding tert-OH is 1. The largest absolute Gasteiger partial charge is 0.506 e. The number of fused-ring (bicyclic) bond motifs is 3. The summed E-state index contributed by atoms with van der Waals surface area (Å²) in [4.78, 5) is 28.2. The number of aliphatic hydroxyl groups is 1. The number of hydrogen-bond acceptors (Lipinski definition) is 11. The molecule has 1 aliphatic carbocycles. The Hall–Kier alpha value is -4.83. The van der Waals surface area contributed by atoms with Crippen LogP contribution < -0.4 is 21.1 Å². The molecule has 6 aromatic rings. The summed E-state index contributed by atoms with van der Waals surface area (Å²) in [6, 6.07) is 24.7. The van der Waals surface area contributed by atoms with Crippen LogP contribution in [-0.4, -0.2) is 84.1 Å². The molecule has 0 saturated heterocycles. The van der Waals surface area contributed by atoms with E-state index in [0.717, 1.165) is 53.7 Å². The monoisotopic (exact) mass is 856 g/mol. The highest BCUT2D eigenvalue weighted by molar-refractivity contribution is 7.91. The molecule has 14 heteroatoms. The predicted octanol–water partition coefficient (Wildman–Crippen LogP) is 5.64. The number of phenolic OH excluding ortho intramolecular Hbond substituents is 2. The number of phenols is 2. The second-order valence-electron chi connectivity index (χ2n) is 15.2. The Morgan fingerprint density at radius 2 is 1.50 bits per heavy atom. The Labute approximate surface area is 354 Å². The van der Waals surface area contributed by atoms with Gasteiger partial charge in [0.25, 0.3) is 0 Å². The molecular formula is C46H56N4O8S2. The summed E-state index contributed by atoms with van der Waals surface area (Å²) in [6.45, 7) is 6.82. The van der Waals surface area contributed by atoms with Crippen LogP contribution in [0.1, 0.15) is 65.3 Å². The molecule has 7 rings (SSSR count). The van der Waals surface area contributed by atoms with E-state index in [4.69, 9.17) is 4.74 Å². The summed E-state index contributed by atoms with van der Waals surface area (Å²) in [5.41, 5.74) is 9.10. The minimum atomic E-state index is -3.12. The molecule has 1 aliphatic rings. The molecule has 60 heavy (non-hydrogen) atoms. The molecule has 0 aliphatic heterocycles. The number of pyridine rings is 1. The van der Waals surface area contributed by atoms with E-state index in [1.54, 1.807) is 24.3 Å². The smallest absolute Gasteiger partial charge is 0.305 e. The maximum Gasteiger partial charge on any atom is 0.305 e. The lowest BCUT2D eigenvalue weighted by atomic mass is 9.97. The fourth-order valence-corrected chi connectivity index (χ4v) is 9.89. The molecule has 4 aromatic carbocycles. The van der Waals surface area contributed by atoms with Gasteiger partial charge in [0, 0.05) is 37.2 Å². The molecule has 12 nitrogen and oxygen atoms in total. The van der Waals surface area contributed by atoms with Crippen molar-refractivity contribution in [3.05, 3.63) is 138 Å². The van der Waals surface area contributed by atoms with Crippen molar-refractivity contribution in [2.45, 2.75) is 70.9 Å². The van der Waals surface area contributed by atoms with Crippen molar-refractivity contribution in [2.24, 2.45) is 0 Å². The van der Waals surface area contributed by atoms with Crippen molar-refractivity contribution in [1.82, 2.24) is 20.6 Å². The molecule has 2 heterocycles. The normalized spacial score (nSPS) is 13.4. The summed E-state index contributed by atoms with van der Waals surface area (Å²) in [6.07, 6.45) is 5.29. The van der Waals surface area contributed by atoms with Crippen LogP contribution in [0, 0.1) is 0 Å². The maximum absolute atomic E-state index is 12.2. The molecule has 0 saturated carbocycles. The van der Waals surface area contributed by atoms with Gasteiger partial charge in [-0.05, 0) is 109 Å². The van der Waals surface area contributed by atoms with Gasteiger partial charge in [0.2, 0.25) is 5.56 Å². The quantitative estimate of drug-likeness (QED) is 0.0502. The Bertz CT molecular complexity index is 2550. The second kappa shape index (κ2) is 21.1. The number of rotatable bonds is 19. The van der Waals surface area contributed by atoms with E-state index in [2.05, 4.69) is 46.6 Å². The number of nitrogens with one attached hydrogen (secondary N) is 4. The lowest BCUT2D eigenvalue weighted by Gasteiger charge is -2.18. The fourth-order valence-electron chi connectivity index (χ4n) is 7.78. The first-order valence-electron chi connectivity index (χ1n) is 20.7. The molecule has 7 N–H and O–H groups in total.